The van der Waals surface area contributed by atoms with Gasteiger partial charge in [0.1, 0.15) is 19.3 Å². The van der Waals surface area contributed by atoms with E-state index in [-0.39, 0.29) is 56.8 Å². The summed E-state index contributed by atoms with van der Waals surface area (Å²) in [6, 6.07) is 15.1. The van der Waals surface area contributed by atoms with Gasteiger partial charge in [-0.3, -0.25) is 9.59 Å². The summed E-state index contributed by atoms with van der Waals surface area (Å²) in [5.41, 5.74) is 2.78. The Labute approximate surface area is 283 Å². The van der Waals surface area contributed by atoms with Crippen molar-refractivity contribution in [3.05, 3.63) is 85.0 Å². The molecule has 0 saturated heterocycles. The van der Waals surface area contributed by atoms with Crippen molar-refractivity contribution in [3.8, 4) is 11.1 Å². The summed E-state index contributed by atoms with van der Waals surface area (Å²) in [7, 11) is 0. The number of nitrogens with one attached hydrogen (secondary N) is 3. The fourth-order valence-corrected chi connectivity index (χ4v) is 6.57. The Morgan fingerprint density at radius 1 is 0.979 bits per heavy atom. The lowest BCUT2D eigenvalue weighted by atomic mass is 9.95. The highest BCUT2D eigenvalue weighted by molar-refractivity contribution is 5.87. The van der Waals surface area contributed by atoms with E-state index in [1.54, 1.807) is 26.0 Å². The predicted molar refractivity (Wildman–Crippen MR) is 184 cm³/mol. The Kier molecular flexibility index (Phi) is 12.6. The first-order valence-electron chi connectivity index (χ1n) is 16.8. The molecule has 48 heavy (non-hydrogen) atoms. The molecule has 0 radical (unpaired) electrons. The molecule has 0 spiro atoms. The number of rotatable bonds is 17. The van der Waals surface area contributed by atoms with Gasteiger partial charge < -0.3 is 30.5 Å². The molecular formula is C38H49N3O7. The lowest BCUT2D eigenvalue weighted by Gasteiger charge is -2.30. The molecule has 1 saturated carbocycles. The van der Waals surface area contributed by atoms with E-state index in [1.165, 1.54) is 0 Å². The van der Waals surface area contributed by atoms with Crippen LogP contribution in [-0.2, 0) is 23.9 Å². The second kappa shape index (κ2) is 16.6. The second-order valence-corrected chi connectivity index (χ2v) is 13.5. The fraction of sp³-hybridized carbons (Fsp3) is 0.474. The number of amides is 3. The number of benzene rings is 2. The number of fused-ring (bicyclic) bond motifs is 3. The number of hydrogen-bond acceptors (Lipinski definition) is 7. The van der Waals surface area contributed by atoms with Gasteiger partial charge in [0.25, 0.3) is 0 Å². The van der Waals surface area contributed by atoms with Crippen molar-refractivity contribution < 1.29 is 33.8 Å². The van der Waals surface area contributed by atoms with Gasteiger partial charge >= 0.3 is 12.1 Å². The monoisotopic (exact) mass is 659 g/mol. The summed E-state index contributed by atoms with van der Waals surface area (Å²) in [6.45, 7) is 10.7. The van der Waals surface area contributed by atoms with Crippen LogP contribution in [0.3, 0.4) is 0 Å². The largest absolute Gasteiger partial charge is 0.462 e. The maximum Gasteiger partial charge on any atom is 0.407 e. The second-order valence-electron chi connectivity index (χ2n) is 13.5. The molecule has 2 aromatic rings. The average Bonchev–Trinajstić information content (AvgIpc) is 3.67. The standard InChI is InChI=1S/C38H49N3O7/c1-5-7-19-32(39-36(46)47-23-31-29-17-10-8-15-27(29)28-16-9-11-18-30(28)31)35(45)48-25-37(3,4)41-34(44)26(14-6-2)22-33(43)40-38(24-42)20-12-13-21-38/h5-6,8-11,15-18,26,31-32,42H,1-2,7,12-14,19-25H2,3-4H3,(H,39,46)(H,40,43)(H,41,44)/t26-,32+/m1/s1. The molecule has 4 rings (SSSR count). The SMILES string of the molecule is C=CCC[C@H](NC(=O)OCC1c2ccccc2-c2ccccc21)C(=O)OCC(C)(C)NC(=O)[C@H](CC=C)CC(=O)NC1(CO)CCCC1. The van der Waals surface area contributed by atoms with Crippen molar-refractivity contribution in [3.63, 3.8) is 0 Å². The van der Waals surface area contributed by atoms with Gasteiger partial charge in [-0.2, -0.15) is 0 Å². The highest BCUT2D eigenvalue weighted by Crippen LogP contribution is 2.44. The summed E-state index contributed by atoms with van der Waals surface area (Å²) < 4.78 is 11.2. The summed E-state index contributed by atoms with van der Waals surface area (Å²) >= 11 is 0. The lowest BCUT2D eigenvalue weighted by molar-refractivity contribution is -0.149. The van der Waals surface area contributed by atoms with Gasteiger partial charge in [0.2, 0.25) is 11.8 Å². The minimum absolute atomic E-state index is 0.0663. The van der Waals surface area contributed by atoms with Gasteiger partial charge in [0, 0.05) is 12.3 Å². The number of ether oxygens (including phenoxy) is 2. The van der Waals surface area contributed by atoms with Crippen molar-refractivity contribution in [2.24, 2.45) is 5.92 Å². The maximum absolute atomic E-state index is 13.3. The summed E-state index contributed by atoms with van der Waals surface area (Å²) in [4.78, 5) is 52.2. The smallest absolute Gasteiger partial charge is 0.407 e. The molecule has 2 atom stereocenters. The fourth-order valence-electron chi connectivity index (χ4n) is 6.57. The summed E-state index contributed by atoms with van der Waals surface area (Å²) in [6.07, 6.45) is 6.68. The summed E-state index contributed by atoms with van der Waals surface area (Å²) in [5, 5.41) is 18.3. The third kappa shape index (κ3) is 9.34. The van der Waals surface area contributed by atoms with E-state index >= 15 is 0 Å². The Bertz CT molecular complexity index is 1430. The molecule has 2 aliphatic rings. The third-order valence-electron chi connectivity index (χ3n) is 9.14. The quantitative estimate of drug-likeness (QED) is 0.133. The predicted octanol–water partition coefficient (Wildman–Crippen LogP) is 5.30. The minimum Gasteiger partial charge on any atom is -0.462 e. The van der Waals surface area contributed by atoms with Crippen LogP contribution in [0.5, 0.6) is 0 Å². The van der Waals surface area contributed by atoms with Gasteiger partial charge in [0.15, 0.2) is 0 Å². The molecule has 2 aromatic carbocycles. The average molecular weight is 660 g/mol. The van der Waals surface area contributed by atoms with E-state index in [9.17, 15) is 24.3 Å². The molecule has 2 aliphatic carbocycles. The summed E-state index contributed by atoms with van der Waals surface area (Å²) in [5.74, 6) is -2.16. The zero-order valence-corrected chi connectivity index (χ0v) is 28.1. The number of carbonyl (C=O) groups is 4. The highest BCUT2D eigenvalue weighted by atomic mass is 16.6. The normalized spacial score (nSPS) is 16.1. The van der Waals surface area contributed by atoms with Crippen LogP contribution in [0.15, 0.2) is 73.8 Å². The molecule has 0 unspecified atom stereocenters. The maximum atomic E-state index is 13.3. The molecule has 1 fully saturated rings. The Balaban J connectivity index is 1.30. The minimum atomic E-state index is -0.989. The van der Waals surface area contributed by atoms with Gasteiger partial charge in [-0.1, -0.05) is 73.5 Å². The Hall–Kier alpha value is -4.44. The number of aliphatic hydroxyl groups is 1. The van der Waals surface area contributed by atoms with E-state index in [0.717, 1.165) is 35.1 Å². The first-order valence-corrected chi connectivity index (χ1v) is 16.8. The number of esters is 1. The van der Waals surface area contributed by atoms with Crippen LogP contribution in [0.1, 0.15) is 82.3 Å². The van der Waals surface area contributed by atoms with Crippen LogP contribution in [0.2, 0.25) is 0 Å². The van der Waals surface area contributed by atoms with Crippen molar-refractivity contribution in [1.29, 1.82) is 0 Å². The topological polar surface area (TPSA) is 143 Å². The zero-order valence-electron chi connectivity index (χ0n) is 28.1. The van der Waals surface area contributed by atoms with E-state index in [1.807, 2.05) is 36.4 Å². The van der Waals surface area contributed by atoms with Crippen LogP contribution in [0.4, 0.5) is 4.79 Å². The van der Waals surface area contributed by atoms with Crippen molar-refractivity contribution >= 4 is 23.9 Å². The molecule has 10 nitrogen and oxygen atoms in total. The van der Waals surface area contributed by atoms with Crippen molar-refractivity contribution in [2.75, 3.05) is 19.8 Å². The molecule has 258 valence electrons. The first-order chi connectivity index (χ1) is 23.0. The molecule has 0 aromatic heterocycles. The van der Waals surface area contributed by atoms with Crippen molar-refractivity contribution in [1.82, 2.24) is 16.0 Å². The lowest BCUT2D eigenvalue weighted by Crippen LogP contribution is -2.52. The zero-order chi connectivity index (χ0) is 34.7. The Morgan fingerprint density at radius 3 is 2.19 bits per heavy atom. The number of carbonyl (C=O) groups excluding carboxylic acids is 4. The number of allylic oxidation sites excluding steroid dienone is 2. The molecular weight excluding hydrogens is 610 g/mol. The molecule has 4 N–H and O–H groups in total. The van der Waals surface area contributed by atoms with Crippen LogP contribution < -0.4 is 16.0 Å². The van der Waals surface area contributed by atoms with Crippen LogP contribution in [0.25, 0.3) is 11.1 Å². The molecule has 0 bridgehead atoms. The molecule has 0 heterocycles. The molecule has 0 aliphatic heterocycles. The van der Waals surface area contributed by atoms with E-state index in [2.05, 4.69) is 41.2 Å². The number of aliphatic hydroxyl groups excluding tert-OH is 1. The third-order valence-corrected chi connectivity index (χ3v) is 9.14. The van der Waals surface area contributed by atoms with Gasteiger partial charge in [-0.05, 0) is 68.2 Å². The number of hydrogen-bond donors (Lipinski definition) is 4. The van der Waals surface area contributed by atoms with Gasteiger partial charge in [-0.25, -0.2) is 9.59 Å². The van der Waals surface area contributed by atoms with Crippen LogP contribution >= 0.6 is 0 Å². The first kappa shape index (κ1) is 36.4. The van der Waals surface area contributed by atoms with E-state index in [4.69, 9.17) is 9.47 Å². The molecule has 10 heteroatoms. The molecule has 3 amide bonds. The van der Waals surface area contributed by atoms with E-state index < -0.39 is 35.1 Å². The van der Waals surface area contributed by atoms with Crippen LogP contribution in [-0.4, -0.2) is 65.9 Å². The van der Waals surface area contributed by atoms with Gasteiger partial charge in [-0.15, -0.1) is 13.2 Å². The van der Waals surface area contributed by atoms with Gasteiger partial charge in [0.05, 0.1) is 23.6 Å². The highest BCUT2D eigenvalue weighted by Gasteiger charge is 2.36. The van der Waals surface area contributed by atoms with Crippen molar-refractivity contribution in [2.45, 2.75) is 88.3 Å². The van der Waals surface area contributed by atoms with Crippen LogP contribution in [0, 0.1) is 5.92 Å². The van der Waals surface area contributed by atoms with E-state index in [0.29, 0.717) is 19.3 Å². The number of alkyl carbamates (subject to hydrolysis) is 1. The Morgan fingerprint density at radius 2 is 1.60 bits per heavy atom.